The van der Waals surface area contributed by atoms with Crippen LogP contribution < -0.4 is 5.56 Å². The summed E-state index contributed by atoms with van der Waals surface area (Å²) < 4.78 is 7.24. The molecule has 0 aromatic carbocycles. The standard InChI is InChI=1S/C18H27N3O3/c1-19(2)10-11-21-16-6-9-20(18(23)15-7-12-24-13-15)8-5-14(16)3-4-17(21)22/h3-4,15H,5-13H2,1-2H3/t15-/m0/s1. The van der Waals surface area contributed by atoms with Crippen LogP contribution in [-0.2, 0) is 28.9 Å². The van der Waals surface area contributed by atoms with Gasteiger partial charge in [-0.05, 0) is 32.5 Å². The lowest BCUT2D eigenvalue weighted by Gasteiger charge is -2.23. The molecular weight excluding hydrogens is 306 g/mol. The van der Waals surface area contributed by atoms with Crippen LogP contribution in [0.2, 0.25) is 0 Å². The van der Waals surface area contributed by atoms with Gasteiger partial charge >= 0.3 is 0 Å². The fourth-order valence-corrected chi connectivity index (χ4v) is 3.55. The molecule has 1 fully saturated rings. The fraction of sp³-hybridized carbons (Fsp3) is 0.667. The highest BCUT2D eigenvalue weighted by molar-refractivity contribution is 5.79. The Balaban J connectivity index is 1.76. The Morgan fingerprint density at radius 3 is 2.79 bits per heavy atom. The Hall–Kier alpha value is -1.66. The normalized spacial score (nSPS) is 21.0. The molecule has 0 N–H and O–H groups in total. The minimum Gasteiger partial charge on any atom is -0.381 e. The van der Waals surface area contributed by atoms with Crippen LogP contribution in [0.4, 0.5) is 0 Å². The lowest BCUT2D eigenvalue weighted by Crippen LogP contribution is -2.38. The van der Waals surface area contributed by atoms with Crippen LogP contribution in [0.25, 0.3) is 0 Å². The maximum Gasteiger partial charge on any atom is 0.250 e. The van der Waals surface area contributed by atoms with Crippen LogP contribution in [0.1, 0.15) is 17.7 Å². The molecule has 24 heavy (non-hydrogen) atoms. The van der Waals surface area contributed by atoms with E-state index in [0.29, 0.717) is 26.3 Å². The number of carbonyl (C=O) groups is 1. The number of ether oxygens (including phenoxy) is 1. The third-order valence-corrected chi connectivity index (χ3v) is 5.02. The molecule has 0 saturated carbocycles. The largest absolute Gasteiger partial charge is 0.381 e. The highest BCUT2D eigenvalue weighted by Gasteiger charge is 2.29. The van der Waals surface area contributed by atoms with E-state index in [0.717, 1.165) is 38.0 Å². The Morgan fingerprint density at radius 2 is 2.08 bits per heavy atom. The number of likely N-dealkylation sites (N-methyl/N-ethyl adjacent to an activating group) is 1. The van der Waals surface area contributed by atoms with Crippen molar-refractivity contribution in [3.05, 3.63) is 33.7 Å². The van der Waals surface area contributed by atoms with Gasteiger partial charge in [0, 0.05) is 51.0 Å². The smallest absolute Gasteiger partial charge is 0.250 e. The lowest BCUT2D eigenvalue weighted by molar-refractivity contribution is -0.135. The molecule has 2 aliphatic rings. The summed E-state index contributed by atoms with van der Waals surface area (Å²) in [4.78, 5) is 29.0. The molecule has 6 nitrogen and oxygen atoms in total. The molecule has 3 rings (SSSR count). The second-order valence-electron chi connectivity index (χ2n) is 6.98. The Labute approximate surface area is 143 Å². The first kappa shape index (κ1) is 17.2. The summed E-state index contributed by atoms with van der Waals surface area (Å²) >= 11 is 0. The summed E-state index contributed by atoms with van der Waals surface area (Å²) in [6, 6.07) is 3.60. The topological polar surface area (TPSA) is 54.8 Å². The van der Waals surface area contributed by atoms with Gasteiger partial charge in [-0.25, -0.2) is 0 Å². The maximum atomic E-state index is 12.6. The van der Waals surface area contributed by atoms with E-state index in [-0.39, 0.29) is 17.4 Å². The number of rotatable bonds is 4. The van der Waals surface area contributed by atoms with Crippen LogP contribution in [0.5, 0.6) is 0 Å². The first-order chi connectivity index (χ1) is 11.6. The first-order valence-corrected chi connectivity index (χ1v) is 8.79. The highest BCUT2D eigenvalue weighted by Crippen LogP contribution is 2.20. The van der Waals surface area contributed by atoms with Gasteiger partial charge in [0.25, 0.3) is 5.56 Å². The predicted octanol–water partition coefficient (Wildman–Crippen LogP) is 0.374. The number of hydrogen-bond donors (Lipinski definition) is 0. The SMILES string of the molecule is CN(C)CCn1c2c(ccc1=O)CCN(C(=O)[C@H]1CCOC1)CC2. The van der Waals surface area contributed by atoms with E-state index in [4.69, 9.17) is 4.74 Å². The molecule has 1 aromatic heterocycles. The van der Waals surface area contributed by atoms with Crippen molar-refractivity contribution in [1.29, 1.82) is 0 Å². The van der Waals surface area contributed by atoms with Crippen LogP contribution in [0, 0.1) is 5.92 Å². The third kappa shape index (κ3) is 3.70. The summed E-state index contributed by atoms with van der Waals surface area (Å²) in [6.07, 6.45) is 2.39. The number of nitrogens with zero attached hydrogens (tertiary/aromatic N) is 3. The third-order valence-electron chi connectivity index (χ3n) is 5.02. The van der Waals surface area contributed by atoms with Gasteiger partial charge in [0.1, 0.15) is 0 Å². The van der Waals surface area contributed by atoms with Crippen molar-refractivity contribution in [3.8, 4) is 0 Å². The molecule has 1 atom stereocenters. The molecule has 0 unspecified atom stereocenters. The molecule has 0 spiro atoms. The van der Waals surface area contributed by atoms with Gasteiger partial charge in [-0.3, -0.25) is 9.59 Å². The Kier molecular flexibility index (Phi) is 5.36. The van der Waals surface area contributed by atoms with E-state index in [1.54, 1.807) is 6.07 Å². The van der Waals surface area contributed by atoms with Crippen LogP contribution in [0.3, 0.4) is 0 Å². The molecule has 132 valence electrons. The summed E-state index contributed by atoms with van der Waals surface area (Å²) in [7, 11) is 4.02. The number of pyridine rings is 1. The molecule has 3 heterocycles. The summed E-state index contributed by atoms with van der Waals surface area (Å²) in [5.74, 6) is 0.227. The zero-order valence-electron chi connectivity index (χ0n) is 14.7. The maximum absolute atomic E-state index is 12.6. The van der Waals surface area contributed by atoms with Gasteiger partial charge in [0.05, 0.1) is 12.5 Å². The number of hydrogen-bond acceptors (Lipinski definition) is 4. The molecule has 6 heteroatoms. The number of amides is 1. The molecule has 0 radical (unpaired) electrons. The first-order valence-electron chi connectivity index (χ1n) is 8.79. The minimum atomic E-state index is 0.0159. The zero-order chi connectivity index (χ0) is 17.1. The summed E-state index contributed by atoms with van der Waals surface area (Å²) in [5.41, 5.74) is 2.35. The number of carbonyl (C=O) groups excluding carboxylic acids is 1. The van der Waals surface area contributed by atoms with Crippen molar-refractivity contribution in [2.75, 3.05) is 46.9 Å². The van der Waals surface area contributed by atoms with Crippen molar-refractivity contribution < 1.29 is 9.53 Å². The van der Waals surface area contributed by atoms with Crippen molar-refractivity contribution in [2.45, 2.75) is 25.8 Å². The molecule has 1 saturated heterocycles. The van der Waals surface area contributed by atoms with Crippen molar-refractivity contribution in [3.63, 3.8) is 0 Å². The van der Waals surface area contributed by atoms with Crippen LogP contribution >= 0.6 is 0 Å². The quantitative estimate of drug-likeness (QED) is 0.799. The molecule has 2 aliphatic heterocycles. The molecule has 1 aromatic rings. The van der Waals surface area contributed by atoms with Gasteiger partial charge < -0.3 is 19.1 Å². The second kappa shape index (κ2) is 7.49. The van der Waals surface area contributed by atoms with E-state index in [1.165, 1.54) is 5.56 Å². The van der Waals surface area contributed by atoms with Crippen molar-refractivity contribution >= 4 is 5.91 Å². The highest BCUT2D eigenvalue weighted by atomic mass is 16.5. The van der Waals surface area contributed by atoms with E-state index in [9.17, 15) is 9.59 Å². The Morgan fingerprint density at radius 1 is 1.29 bits per heavy atom. The van der Waals surface area contributed by atoms with Gasteiger partial charge in [0.15, 0.2) is 0 Å². The fourth-order valence-electron chi connectivity index (χ4n) is 3.55. The van der Waals surface area contributed by atoms with Gasteiger partial charge in [-0.1, -0.05) is 6.07 Å². The van der Waals surface area contributed by atoms with E-state index in [2.05, 4.69) is 4.90 Å². The van der Waals surface area contributed by atoms with Crippen LogP contribution in [-0.4, -0.2) is 67.2 Å². The molecule has 0 aliphatic carbocycles. The lowest BCUT2D eigenvalue weighted by atomic mass is 10.1. The predicted molar refractivity (Wildman–Crippen MR) is 92.2 cm³/mol. The van der Waals surface area contributed by atoms with Gasteiger partial charge in [0.2, 0.25) is 5.91 Å². The average molecular weight is 333 g/mol. The minimum absolute atomic E-state index is 0.0159. The second-order valence-corrected chi connectivity index (χ2v) is 6.98. The summed E-state index contributed by atoms with van der Waals surface area (Å²) in [6.45, 7) is 4.18. The Bertz CT molecular complexity index is 647. The van der Waals surface area contributed by atoms with Gasteiger partial charge in [-0.2, -0.15) is 0 Å². The van der Waals surface area contributed by atoms with Gasteiger partial charge in [-0.15, -0.1) is 0 Å². The zero-order valence-corrected chi connectivity index (χ0v) is 14.7. The van der Waals surface area contributed by atoms with E-state index in [1.807, 2.05) is 29.6 Å². The number of aromatic nitrogens is 1. The van der Waals surface area contributed by atoms with E-state index >= 15 is 0 Å². The number of fused-ring (bicyclic) bond motifs is 1. The van der Waals surface area contributed by atoms with Crippen molar-refractivity contribution in [1.82, 2.24) is 14.4 Å². The van der Waals surface area contributed by atoms with E-state index < -0.39 is 0 Å². The molecule has 1 amide bonds. The molecular formula is C18H27N3O3. The summed E-state index contributed by atoms with van der Waals surface area (Å²) in [5, 5.41) is 0. The van der Waals surface area contributed by atoms with Crippen LogP contribution in [0.15, 0.2) is 16.9 Å². The van der Waals surface area contributed by atoms with Crippen molar-refractivity contribution in [2.24, 2.45) is 5.92 Å². The average Bonchev–Trinajstić information content (AvgIpc) is 3.00. The monoisotopic (exact) mass is 333 g/mol. The molecule has 0 bridgehead atoms.